The Bertz CT molecular complexity index is 1090. The van der Waals surface area contributed by atoms with Crippen LogP contribution in [0.1, 0.15) is 16.7 Å². The molecule has 0 saturated heterocycles. The molecule has 0 radical (unpaired) electrons. The first-order valence-corrected chi connectivity index (χ1v) is 11.2. The first-order valence-electron chi connectivity index (χ1n) is 9.71. The third-order valence-electron chi connectivity index (χ3n) is 4.92. The molecule has 0 saturated carbocycles. The second-order valence-electron chi connectivity index (χ2n) is 7.38. The van der Waals surface area contributed by atoms with Crippen LogP contribution in [0.3, 0.4) is 0 Å². The van der Waals surface area contributed by atoms with Crippen molar-refractivity contribution in [3.8, 4) is 0 Å². The van der Waals surface area contributed by atoms with E-state index in [9.17, 15) is 13.2 Å². The summed E-state index contributed by atoms with van der Waals surface area (Å²) in [4.78, 5) is 15.0. The molecular formula is C24H26N2O3S. The number of hydrogen-bond acceptors (Lipinski definition) is 3. The monoisotopic (exact) mass is 422 g/mol. The van der Waals surface area contributed by atoms with E-state index in [1.54, 1.807) is 29.2 Å². The molecule has 0 aliphatic carbocycles. The van der Waals surface area contributed by atoms with Crippen molar-refractivity contribution in [3.63, 3.8) is 0 Å². The average molecular weight is 423 g/mol. The summed E-state index contributed by atoms with van der Waals surface area (Å²) in [5, 5.41) is 0. The predicted molar refractivity (Wildman–Crippen MR) is 120 cm³/mol. The first kappa shape index (κ1) is 21.7. The van der Waals surface area contributed by atoms with Crippen LogP contribution in [0.15, 0.2) is 83.8 Å². The van der Waals surface area contributed by atoms with Crippen LogP contribution in [0, 0.1) is 13.8 Å². The lowest BCUT2D eigenvalue weighted by Crippen LogP contribution is -2.41. The highest BCUT2D eigenvalue weighted by Gasteiger charge is 2.26. The molecule has 1 amide bonds. The fourth-order valence-electron chi connectivity index (χ4n) is 3.07. The summed E-state index contributed by atoms with van der Waals surface area (Å²) in [5.41, 5.74) is 3.76. The van der Waals surface area contributed by atoms with Crippen molar-refractivity contribution < 1.29 is 13.2 Å². The molecule has 30 heavy (non-hydrogen) atoms. The molecule has 3 rings (SSSR count). The van der Waals surface area contributed by atoms with E-state index in [4.69, 9.17) is 0 Å². The maximum Gasteiger partial charge on any atom is 0.243 e. The Kier molecular flexibility index (Phi) is 6.70. The minimum absolute atomic E-state index is 0.174. The Balaban J connectivity index is 1.85. The topological polar surface area (TPSA) is 57.7 Å². The number of anilines is 1. The van der Waals surface area contributed by atoms with Crippen molar-refractivity contribution in [2.24, 2.45) is 0 Å². The van der Waals surface area contributed by atoms with Gasteiger partial charge in [0.05, 0.1) is 18.0 Å². The Morgan fingerprint density at radius 2 is 1.33 bits per heavy atom. The van der Waals surface area contributed by atoms with Crippen LogP contribution in [0.4, 0.5) is 5.69 Å². The number of hydrogen-bond donors (Lipinski definition) is 0. The summed E-state index contributed by atoms with van der Waals surface area (Å²) in [6.45, 7) is 3.99. The van der Waals surface area contributed by atoms with Crippen LogP contribution in [0.2, 0.25) is 0 Å². The van der Waals surface area contributed by atoms with Crippen molar-refractivity contribution in [1.29, 1.82) is 0 Å². The molecule has 0 unspecified atom stereocenters. The Labute approximate surface area is 178 Å². The largest absolute Gasteiger partial charge is 0.307 e. The smallest absolute Gasteiger partial charge is 0.243 e. The molecule has 0 heterocycles. The molecular weight excluding hydrogens is 396 g/mol. The lowest BCUT2D eigenvalue weighted by molar-refractivity contribution is -0.118. The van der Waals surface area contributed by atoms with Gasteiger partial charge in [0.2, 0.25) is 15.9 Å². The zero-order valence-corrected chi connectivity index (χ0v) is 18.3. The van der Waals surface area contributed by atoms with Crippen LogP contribution in [-0.2, 0) is 21.4 Å². The molecule has 0 aromatic heterocycles. The Hall–Kier alpha value is -2.96. The highest BCUT2D eigenvalue weighted by molar-refractivity contribution is 7.89. The fourth-order valence-corrected chi connectivity index (χ4v) is 4.19. The van der Waals surface area contributed by atoms with Crippen molar-refractivity contribution in [2.75, 3.05) is 18.5 Å². The number of carbonyl (C=O) groups excluding carboxylic acids is 1. The van der Waals surface area contributed by atoms with E-state index in [1.807, 2.05) is 68.4 Å². The molecule has 0 fully saturated rings. The zero-order chi connectivity index (χ0) is 21.7. The van der Waals surface area contributed by atoms with E-state index >= 15 is 0 Å². The summed E-state index contributed by atoms with van der Waals surface area (Å²) in [7, 11) is -2.33. The molecule has 0 aliphatic heterocycles. The van der Waals surface area contributed by atoms with E-state index in [2.05, 4.69) is 0 Å². The molecule has 0 aliphatic rings. The van der Waals surface area contributed by atoms with Gasteiger partial charge in [-0.1, -0.05) is 65.7 Å². The number of rotatable bonds is 7. The third kappa shape index (κ3) is 5.14. The molecule has 0 spiro atoms. The molecule has 0 atom stereocenters. The standard InChI is InChI=1S/C24H26N2O3S/c1-19-9-13-22(14-10-19)26(17-21-7-5-4-6-8-21)24(27)18-25(3)30(28,29)23-15-11-20(2)12-16-23/h4-16H,17-18H2,1-3H3. The molecule has 6 heteroatoms. The number of aryl methyl sites for hydroxylation is 2. The van der Waals surface area contributed by atoms with Crippen molar-refractivity contribution in [2.45, 2.75) is 25.3 Å². The van der Waals surface area contributed by atoms with Crippen molar-refractivity contribution >= 4 is 21.6 Å². The van der Waals surface area contributed by atoms with Crippen LogP contribution in [-0.4, -0.2) is 32.2 Å². The highest BCUT2D eigenvalue weighted by Crippen LogP contribution is 2.20. The summed E-state index contributed by atoms with van der Waals surface area (Å²) in [6.07, 6.45) is 0. The van der Waals surface area contributed by atoms with Crippen LogP contribution < -0.4 is 4.90 Å². The third-order valence-corrected chi connectivity index (χ3v) is 6.73. The number of likely N-dealkylation sites (N-methyl/N-ethyl adjacent to an activating group) is 1. The zero-order valence-electron chi connectivity index (χ0n) is 17.4. The number of amides is 1. The van der Waals surface area contributed by atoms with Gasteiger partial charge in [-0.2, -0.15) is 4.31 Å². The average Bonchev–Trinajstić information content (AvgIpc) is 2.73. The van der Waals surface area contributed by atoms with Gasteiger partial charge < -0.3 is 4.90 Å². The number of carbonyl (C=O) groups is 1. The molecule has 3 aromatic carbocycles. The summed E-state index contributed by atoms with van der Waals surface area (Å²) >= 11 is 0. The Morgan fingerprint density at radius 1 is 0.800 bits per heavy atom. The maximum absolute atomic E-state index is 13.2. The number of nitrogens with zero attached hydrogens (tertiary/aromatic N) is 2. The van der Waals surface area contributed by atoms with Gasteiger partial charge in [-0.3, -0.25) is 4.79 Å². The first-order chi connectivity index (χ1) is 14.3. The van der Waals surface area contributed by atoms with E-state index in [1.165, 1.54) is 7.05 Å². The van der Waals surface area contributed by atoms with E-state index in [-0.39, 0.29) is 17.3 Å². The fraction of sp³-hybridized carbons (Fsp3) is 0.208. The molecule has 0 N–H and O–H groups in total. The van der Waals surface area contributed by atoms with Gasteiger partial charge in [0, 0.05) is 12.7 Å². The van der Waals surface area contributed by atoms with Gasteiger partial charge in [-0.25, -0.2) is 8.42 Å². The van der Waals surface area contributed by atoms with E-state index in [0.717, 1.165) is 26.7 Å². The van der Waals surface area contributed by atoms with E-state index in [0.29, 0.717) is 6.54 Å². The van der Waals surface area contributed by atoms with Crippen LogP contribution in [0.25, 0.3) is 0 Å². The quantitative estimate of drug-likeness (QED) is 0.575. The second-order valence-corrected chi connectivity index (χ2v) is 9.42. The summed E-state index contributed by atoms with van der Waals surface area (Å²) in [5.74, 6) is -0.291. The van der Waals surface area contributed by atoms with Crippen molar-refractivity contribution in [3.05, 3.63) is 95.6 Å². The van der Waals surface area contributed by atoms with Gasteiger partial charge in [0.1, 0.15) is 0 Å². The Morgan fingerprint density at radius 3 is 1.90 bits per heavy atom. The highest BCUT2D eigenvalue weighted by atomic mass is 32.2. The minimum Gasteiger partial charge on any atom is -0.307 e. The van der Waals surface area contributed by atoms with Crippen LogP contribution >= 0.6 is 0 Å². The molecule has 0 bridgehead atoms. The van der Waals surface area contributed by atoms with Gasteiger partial charge in [-0.05, 0) is 43.7 Å². The second kappa shape index (κ2) is 9.24. The van der Waals surface area contributed by atoms with Gasteiger partial charge in [0.15, 0.2) is 0 Å². The van der Waals surface area contributed by atoms with Gasteiger partial charge >= 0.3 is 0 Å². The summed E-state index contributed by atoms with van der Waals surface area (Å²) in [6, 6.07) is 23.9. The van der Waals surface area contributed by atoms with Crippen LogP contribution in [0.5, 0.6) is 0 Å². The van der Waals surface area contributed by atoms with Crippen molar-refractivity contribution in [1.82, 2.24) is 4.31 Å². The maximum atomic E-state index is 13.2. The molecule has 156 valence electrons. The normalized spacial score (nSPS) is 11.5. The van der Waals surface area contributed by atoms with Gasteiger partial charge in [-0.15, -0.1) is 0 Å². The SMILES string of the molecule is Cc1ccc(N(Cc2ccccc2)C(=O)CN(C)S(=O)(=O)c2ccc(C)cc2)cc1. The lowest BCUT2D eigenvalue weighted by atomic mass is 10.1. The number of benzene rings is 3. The van der Waals surface area contributed by atoms with E-state index < -0.39 is 10.0 Å². The molecule has 3 aromatic rings. The summed E-state index contributed by atoms with van der Waals surface area (Å²) < 4.78 is 26.9. The minimum atomic E-state index is -3.76. The molecule has 5 nitrogen and oxygen atoms in total. The number of sulfonamides is 1. The predicted octanol–water partition coefficient (Wildman–Crippen LogP) is 4.16. The van der Waals surface area contributed by atoms with Gasteiger partial charge in [0.25, 0.3) is 0 Å². The lowest BCUT2D eigenvalue weighted by Gasteiger charge is -2.26.